The van der Waals surface area contributed by atoms with Crippen LogP contribution in [0.15, 0.2) is 22.6 Å². The highest BCUT2D eigenvalue weighted by molar-refractivity contribution is 5.88. The minimum absolute atomic E-state index is 0.322. The molecule has 15 heavy (non-hydrogen) atoms. The summed E-state index contributed by atoms with van der Waals surface area (Å²) in [5.41, 5.74) is 0.857. The number of ether oxygens (including phenoxy) is 1. The van der Waals surface area contributed by atoms with Gasteiger partial charge >= 0.3 is 11.9 Å². The highest BCUT2D eigenvalue weighted by Gasteiger charge is 2.15. The molecule has 1 aromatic carbocycles. The molecule has 2 aromatic rings. The number of oxazole rings is 1. The van der Waals surface area contributed by atoms with Crippen molar-refractivity contribution in [1.82, 2.24) is 4.98 Å². The van der Waals surface area contributed by atoms with Crippen molar-refractivity contribution < 1.29 is 19.1 Å². The third-order valence-electron chi connectivity index (χ3n) is 1.86. The molecule has 1 N–H and O–H groups in total. The lowest BCUT2D eigenvalue weighted by Crippen LogP contribution is -1.94. The molecule has 0 aliphatic rings. The van der Waals surface area contributed by atoms with E-state index in [1.165, 1.54) is 0 Å². The van der Waals surface area contributed by atoms with E-state index in [2.05, 4.69) is 4.98 Å². The van der Waals surface area contributed by atoms with Crippen LogP contribution in [0.1, 0.15) is 17.6 Å². The molecule has 2 rings (SSSR count). The van der Waals surface area contributed by atoms with Crippen LogP contribution in [-0.2, 0) is 0 Å². The second-order valence-corrected chi connectivity index (χ2v) is 2.86. The van der Waals surface area contributed by atoms with Crippen molar-refractivity contribution in [3.05, 3.63) is 24.1 Å². The van der Waals surface area contributed by atoms with E-state index in [0.29, 0.717) is 23.5 Å². The summed E-state index contributed by atoms with van der Waals surface area (Å²) in [6.07, 6.45) is 0. The number of aromatic nitrogens is 1. The molecule has 5 nitrogen and oxygen atoms in total. The van der Waals surface area contributed by atoms with Crippen LogP contribution < -0.4 is 4.74 Å². The number of rotatable bonds is 3. The van der Waals surface area contributed by atoms with E-state index < -0.39 is 5.97 Å². The summed E-state index contributed by atoms with van der Waals surface area (Å²) >= 11 is 0. The molecule has 0 amide bonds. The minimum Gasteiger partial charge on any atom is -0.490 e. The molecular weight excluding hydrogens is 198 g/mol. The average molecular weight is 207 g/mol. The van der Waals surface area contributed by atoms with Gasteiger partial charge in [-0.05, 0) is 19.1 Å². The van der Waals surface area contributed by atoms with E-state index in [-0.39, 0.29) is 5.89 Å². The largest absolute Gasteiger partial charge is 0.490 e. The average Bonchev–Trinajstić information content (AvgIpc) is 2.63. The second kappa shape index (κ2) is 3.61. The van der Waals surface area contributed by atoms with Crippen molar-refractivity contribution in [1.29, 1.82) is 0 Å². The molecule has 1 heterocycles. The van der Waals surface area contributed by atoms with Gasteiger partial charge in [0.1, 0.15) is 5.52 Å². The molecular formula is C10H9NO4. The highest BCUT2D eigenvalue weighted by atomic mass is 16.5. The van der Waals surface area contributed by atoms with Gasteiger partial charge in [0.15, 0.2) is 11.3 Å². The number of carbonyl (C=O) groups is 1. The zero-order valence-electron chi connectivity index (χ0n) is 8.06. The van der Waals surface area contributed by atoms with Gasteiger partial charge in [-0.25, -0.2) is 9.78 Å². The van der Waals surface area contributed by atoms with Crippen LogP contribution in [0.5, 0.6) is 5.75 Å². The van der Waals surface area contributed by atoms with E-state index >= 15 is 0 Å². The normalized spacial score (nSPS) is 10.5. The molecule has 0 spiro atoms. The van der Waals surface area contributed by atoms with Crippen molar-refractivity contribution >= 4 is 17.1 Å². The van der Waals surface area contributed by atoms with Crippen LogP contribution in [0.2, 0.25) is 0 Å². The number of hydrogen-bond donors (Lipinski definition) is 1. The van der Waals surface area contributed by atoms with Gasteiger partial charge in [-0.2, -0.15) is 0 Å². The van der Waals surface area contributed by atoms with Crippen LogP contribution in [0.3, 0.4) is 0 Å². The second-order valence-electron chi connectivity index (χ2n) is 2.86. The van der Waals surface area contributed by atoms with Crippen LogP contribution in [0.25, 0.3) is 11.1 Å². The fourth-order valence-electron chi connectivity index (χ4n) is 1.28. The van der Waals surface area contributed by atoms with Crippen LogP contribution in [0, 0.1) is 0 Å². The number of fused-ring (bicyclic) bond motifs is 1. The zero-order chi connectivity index (χ0) is 10.8. The van der Waals surface area contributed by atoms with Crippen molar-refractivity contribution in [3.63, 3.8) is 0 Å². The first-order valence-electron chi connectivity index (χ1n) is 4.48. The Balaban J connectivity index is 2.59. The van der Waals surface area contributed by atoms with Crippen LogP contribution in [0.4, 0.5) is 0 Å². The number of carboxylic acids is 1. The fourth-order valence-corrected chi connectivity index (χ4v) is 1.28. The maximum Gasteiger partial charge on any atom is 0.392 e. The maximum absolute atomic E-state index is 10.6. The number of nitrogens with zero attached hydrogens (tertiary/aromatic N) is 1. The Labute approximate surface area is 85.3 Å². The molecule has 0 fully saturated rings. The van der Waals surface area contributed by atoms with E-state index in [1.807, 2.05) is 6.92 Å². The number of hydrogen-bond acceptors (Lipinski definition) is 4. The van der Waals surface area contributed by atoms with Gasteiger partial charge in [0.2, 0.25) is 0 Å². The molecule has 0 aliphatic heterocycles. The smallest absolute Gasteiger partial charge is 0.392 e. The van der Waals surface area contributed by atoms with Gasteiger partial charge in [0, 0.05) is 0 Å². The Morgan fingerprint density at radius 2 is 2.40 bits per heavy atom. The predicted octanol–water partition coefficient (Wildman–Crippen LogP) is 1.92. The van der Waals surface area contributed by atoms with Gasteiger partial charge in [-0.15, -0.1) is 0 Å². The number of benzene rings is 1. The molecule has 1 aromatic heterocycles. The summed E-state index contributed by atoms with van der Waals surface area (Å²) < 4.78 is 10.4. The first-order valence-corrected chi connectivity index (χ1v) is 4.48. The molecule has 0 saturated heterocycles. The Morgan fingerprint density at radius 3 is 3.07 bits per heavy atom. The summed E-state index contributed by atoms with van der Waals surface area (Å²) in [4.78, 5) is 14.5. The number of aromatic carboxylic acids is 1. The van der Waals surface area contributed by atoms with E-state index in [9.17, 15) is 4.79 Å². The molecule has 5 heteroatoms. The van der Waals surface area contributed by atoms with Crippen molar-refractivity contribution in [2.24, 2.45) is 0 Å². The third kappa shape index (κ3) is 1.63. The van der Waals surface area contributed by atoms with Gasteiger partial charge in [-0.3, -0.25) is 0 Å². The Morgan fingerprint density at radius 1 is 1.60 bits per heavy atom. The summed E-state index contributed by atoms with van der Waals surface area (Å²) in [7, 11) is 0. The van der Waals surface area contributed by atoms with Gasteiger partial charge < -0.3 is 14.3 Å². The SMILES string of the molecule is CCOc1cccc2nc(C(=O)O)oc12. The highest BCUT2D eigenvalue weighted by Crippen LogP contribution is 2.26. The zero-order valence-corrected chi connectivity index (χ0v) is 8.06. The van der Waals surface area contributed by atoms with Crippen LogP contribution >= 0.6 is 0 Å². The van der Waals surface area contributed by atoms with Crippen LogP contribution in [-0.4, -0.2) is 22.7 Å². The van der Waals surface area contributed by atoms with Crippen molar-refractivity contribution in [2.75, 3.05) is 6.61 Å². The summed E-state index contributed by atoms with van der Waals surface area (Å²) in [5.74, 6) is -0.999. The quantitative estimate of drug-likeness (QED) is 0.832. The monoisotopic (exact) mass is 207 g/mol. The van der Waals surface area contributed by atoms with E-state index in [1.54, 1.807) is 18.2 Å². The van der Waals surface area contributed by atoms with Crippen molar-refractivity contribution in [3.8, 4) is 5.75 Å². The molecule has 0 saturated carbocycles. The molecule has 0 bridgehead atoms. The standard InChI is InChI=1S/C10H9NO4/c1-2-14-7-5-3-4-6-8(7)15-9(11-6)10(12)13/h3-5H,2H2,1H3,(H,12,13). The maximum atomic E-state index is 10.6. The molecule has 0 aliphatic carbocycles. The Bertz CT molecular complexity index is 503. The number of para-hydroxylation sites is 1. The van der Waals surface area contributed by atoms with Crippen molar-refractivity contribution in [2.45, 2.75) is 6.92 Å². The summed E-state index contributed by atoms with van der Waals surface area (Å²) in [5, 5.41) is 8.71. The van der Waals surface area contributed by atoms with E-state index in [0.717, 1.165) is 0 Å². The minimum atomic E-state index is -1.19. The summed E-state index contributed by atoms with van der Waals surface area (Å²) in [6.45, 7) is 2.33. The van der Waals surface area contributed by atoms with Gasteiger partial charge in [0.25, 0.3) is 0 Å². The fraction of sp³-hybridized carbons (Fsp3) is 0.200. The van der Waals surface area contributed by atoms with Gasteiger partial charge in [0.05, 0.1) is 6.61 Å². The number of carboxylic acid groups (broad SMARTS) is 1. The molecule has 0 unspecified atom stereocenters. The lowest BCUT2D eigenvalue weighted by molar-refractivity contribution is 0.0656. The lowest BCUT2D eigenvalue weighted by atomic mass is 10.3. The predicted molar refractivity (Wildman–Crippen MR) is 52.1 cm³/mol. The van der Waals surface area contributed by atoms with E-state index in [4.69, 9.17) is 14.3 Å². The Kier molecular flexibility index (Phi) is 2.29. The molecule has 78 valence electrons. The lowest BCUT2D eigenvalue weighted by Gasteiger charge is -2.00. The molecule has 0 radical (unpaired) electrons. The first-order chi connectivity index (χ1) is 7.22. The molecule has 0 atom stereocenters. The van der Waals surface area contributed by atoms with Gasteiger partial charge in [-0.1, -0.05) is 6.07 Å². The topological polar surface area (TPSA) is 72.6 Å². The first kappa shape index (κ1) is 9.51. The summed E-state index contributed by atoms with van der Waals surface area (Å²) in [6, 6.07) is 5.12. The third-order valence-corrected chi connectivity index (χ3v) is 1.86. The Hall–Kier alpha value is -2.04.